The Morgan fingerprint density at radius 3 is 3.00 bits per heavy atom. The van der Waals surface area contributed by atoms with E-state index >= 15 is 0 Å². The number of hydrogen-bond acceptors (Lipinski definition) is 4. The number of rotatable bonds is 5. The summed E-state index contributed by atoms with van der Waals surface area (Å²) in [5.41, 5.74) is 4.16. The van der Waals surface area contributed by atoms with E-state index < -0.39 is 0 Å². The first kappa shape index (κ1) is 13.5. The van der Waals surface area contributed by atoms with E-state index in [0.717, 1.165) is 23.9 Å². The smallest absolute Gasteiger partial charge is 0.0575 e. The fourth-order valence-electron chi connectivity index (χ4n) is 2.26. The van der Waals surface area contributed by atoms with Crippen LogP contribution in [0.3, 0.4) is 0 Å². The van der Waals surface area contributed by atoms with E-state index in [4.69, 9.17) is 10.6 Å². The van der Waals surface area contributed by atoms with Gasteiger partial charge >= 0.3 is 0 Å². The molecule has 2 heterocycles. The zero-order valence-corrected chi connectivity index (χ0v) is 12.2. The van der Waals surface area contributed by atoms with Gasteiger partial charge < -0.3 is 4.74 Å². The number of thiophene rings is 1. The molecule has 2 rings (SSSR count). The first-order chi connectivity index (χ1) is 8.31. The molecule has 1 aliphatic rings. The Bertz CT molecular complexity index is 339. The SMILES string of the molecule is NNC(CCC1CCCCO1)c1cscc1Br. The lowest BCUT2D eigenvalue weighted by atomic mass is 9.99. The van der Waals surface area contributed by atoms with Crippen LogP contribution in [-0.4, -0.2) is 12.7 Å². The summed E-state index contributed by atoms with van der Waals surface area (Å²) in [6.07, 6.45) is 6.24. The average Bonchev–Trinajstić information content (AvgIpc) is 2.78. The van der Waals surface area contributed by atoms with E-state index in [1.807, 2.05) is 0 Å². The van der Waals surface area contributed by atoms with Crippen LogP contribution in [-0.2, 0) is 4.74 Å². The van der Waals surface area contributed by atoms with Gasteiger partial charge in [0.1, 0.15) is 0 Å². The molecule has 1 aromatic heterocycles. The predicted molar refractivity (Wildman–Crippen MR) is 74.9 cm³/mol. The number of hydrazine groups is 1. The van der Waals surface area contributed by atoms with Gasteiger partial charge in [0.15, 0.2) is 0 Å². The van der Waals surface area contributed by atoms with Gasteiger partial charge in [-0.3, -0.25) is 11.3 Å². The molecule has 1 saturated heterocycles. The van der Waals surface area contributed by atoms with Gasteiger partial charge in [-0.15, -0.1) is 0 Å². The average molecular weight is 319 g/mol. The molecule has 96 valence electrons. The fourth-order valence-corrected chi connectivity index (χ4v) is 3.88. The van der Waals surface area contributed by atoms with Crippen LogP contribution in [0.15, 0.2) is 15.2 Å². The minimum atomic E-state index is 0.223. The molecule has 0 spiro atoms. The topological polar surface area (TPSA) is 47.3 Å². The van der Waals surface area contributed by atoms with Gasteiger partial charge in [-0.05, 0) is 59.0 Å². The highest BCUT2D eigenvalue weighted by Crippen LogP contribution is 2.30. The standard InChI is InChI=1S/C12H19BrN2OS/c13-11-8-17-7-10(11)12(15-14)5-4-9-3-1-2-6-16-9/h7-9,12,15H,1-6,14H2. The maximum atomic E-state index is 5.74. The van der Waals surface area contributed by atoms with Crippen LogP contribution in [0.5, 0.6) is 0 Å². The molecular formula is C12H19BrN2OS. The Morgan fingerprint density at radius 1 is 1.53 bits per heavy atom. The van der Waals surface area contributed by atoms with Crippen molar-refractivity contribution in [3.8, 4) is 0 Å². The summed E-state index contributed by atoms with van der Waals surface area (Å²) in [6, 6.07) is 0.223. The Balaban J connectivity index is 1.85. The molecule has 1 fully saturated rings. The zero-order chi connectivity index (χ0) is 12.1. The third-order valence-electron chi connectivity index (χ3n) is 3.27. The highest BCUT2D eigenvalue weighted by atomic mass is 79.9. The number of nitrogens with one attached hydrogen (secondary N) is 1. The molecule has 0 aromatic carbocycles. The normalized spacial score (nSPS) is 22.6. The molecule has 2 unspecified atom stereocenters. The largest absolute Gasteiger partial charge is 0.378 e. The minimum Gasteiger partial charge on any atom is -0.378 e. The van der Waals surface area contributed by atoms with Crippen LogP contribution in [0.2, 0.25) is 0 Å². The Kier molecular flexibility index (Phi) is 5.44. The summed E-state index contributed by atoms with van der Waals surface area (Å²) in [7, 11) is 0. The van der Waals surface area contributed by atoms with E-state index in [9.17, 15) is 0 Å². The quantitative estimate of drug-likeness (QED) is 0.646. The first-order valence-electron chi connectivity index (χ1n) is 6.10. The molecule has 0 saturated carbocycles. The molecule has 0 amide bonds. The van der Waals surface area contributed by atoms with Crippen molar-refractivity contribution in [2.24, 2.45) is 5.84 Å². The third kappa shape index (κ3) is 3.76. The van der Waals surface area contributed by atoms with Crippen LogP contribution in [0.1, 0.15) is 43.7 Å². The van der Waals surface area contributed by atoms with Crippen molar-refractivity contribution in [1.29, 1.82) is 0 Å². The Labute approximate surface area is 115 Å². The molecule has 5 heteroatoms. The van der Waals surface area contributed by atoms with Crippen molar-refractivity contribution >= 4 is 27.3 Å². The van der Waals surface area contributed by atoms with Crippen LogP contribution >= 0.6 is 27.3 Å². The van der Waals surface area contributed by atoms with Crippen LogP contribution in [0.25, 0.3) is 0 Å². The molecule has 1 aromatic rings. The van der Waals surface area contributed by atoms with E-state index in [2.05, 4.69) is 32.1 Å². The zero-order valence-electron chi connectivity index (χ0n) is 9.82. The second kappa shape index (κ2) is 6.85. The van der Waals surface area contributed by atoms with E-state index in [0.29, 0.717) is 6.10 Å². The summed E-state index contributed by atoms with van der Waals surface area (Å²) in [5, 5.41) is 4.24. The van der Waals surface area contributed by atoms with E-state index in [1.54, 1.807) is 11.3 Å². The van der Waals surface area contributed by atoms with Gasteiger partial charge in [0.2, 0.25) is 0 Å². The van der Waals surface area contributed by atoms with Crippen molar-refractivity contribution in [2.45, 2.75) is 44.2 Å². The lowest BCUT2D eigenvalue weighted by Gasteiger charge is -2.24. The molecule has 0 bridgehead atoms. The van der Waals surface area contributed by atoms with Gasteiger partial charge in [-0.25, -0.2) is 0 Å². The van der Waals surface area contributed by atoms with Crippen molar-refractivity contribution in [2.75, 3.05) is 6.61 Å². The highest BCUT2D eigenvalue weighted by molar-refractivity contribution is 9.10. The van der Waals surface area contributed by atoms with Crippen LogP contribution in [0, 0.1) is 0 Å². The first-order valence-corrected chi connectivity index (χ1v) is 7.84. The van der Waals surface area contributed by atoms with Crippen molar-refractivity contribution in [3.05, 3.63) is 20.8 Å². The summed E-state index contributed by atoms with van der Waals surface area (Å²) < 4.78 is 6.89. The molecule has 0 radical (unpaired) electrons. The van der Waals surface area contributed by atoms with Crippen LogP contribution < -0.4 is 11.3 Å². The molecular weight excluding hydrogens is 300 g/mol. The van der Waals surface area contributed by atoms with Gasteiger partial charge in [-0.2, -0.15) is 11.3 Å². The number of nitrogens with two attached hydrogens (primary N) is 1. The molecule has 0 aliphatic carbocycles. The molecule has 3 nitrogen and oxygen atoms in total. The highest BCUT2D eigenvalue weighted by Gasteiger charge is 2.18. The summed E-state index contributed by atoms with van der Waals surface area (Å²) in [6.45, 7) is 0.924. The molecule has 3 N–H and O–H groups in total. The van der Waals surface area contributed by atoms with Gasteiger partial charge in [0.05, 0.1) is 6.10 Å². The Morgan fingerprint density at radius 2 is 2.41 bits per heavy atom. The number of halogens is 1. The monoisotopic (exact) mass is 318 g/mol. The van der Waals surface area contributed by atoms with E-state index in [-0.39, 0.29) is 6.04 Å². The van der Waals surface area contributed by atoms with Crippen molar-refractivity contribution in [3.63, 3.8) is 0 Å². The Hall–Kier alpha value is 0.0600. The minimum absolute atomic E-state index is 0.223. The van der Waals surface area contributed by atoms with E-state index in [1.165, 1.54) is 24.8 Å². The molecule has 1 aliphatic heterocycles. The summed E-state index contributed by atoms with van der Waals surface area (Å²) in [5.74, 6) is 5.64. The fraction of sp³-hybridized carbons (Fsp3) is 0.667. The maximum Gasteiger partial charge on any atom is 0.0575 e. The van der Waals surface area contributed by atoms with Crippen LogP contribution in [0.4, 0.5) is 0 Å². The second-order valence-corrected chi connectivity index (χ2v) is 6.06. The lowest BCUT2D eigenvalue weighted by molar-refractivity contribution is 0.00854. The predicted octanol–water partition coefficient (Wildman–Crippen LogP) is 3.36. The summed E-state index contributed by atoms with van der Waals surface area (Å²) in [4.78, 5) is 0. The van der Waals surface area contributed by atoms with Gasteiger partial charge in [-0.1, -0.05) is 0 Å². The maximum absolute atomic E-state index is 5.74. The van der Waals surface area contributed by atoms with Gasteiger partial charge in [0, 0.05) is 22.5 Å². The number of ether oxygens (including phenoxy) is 1. The number of hydrogen-bond donors (Lipinski definition) is 2. The summed E-state index contributed by atoms with van der Waals surface area (Å²) >= 11 is 5.26. The molecule has 17 heavy (non-hydrogen) atoms. The second-order valence-electron chi connectivity index (χ2n) is 4.46. The van der Waals surface area contributed by atoms with Gasteiger partial charge in [0.25, 0.3) is 0 Å². The lowest BCUT2D eigenvalue weighted by Crippen LogP contribution is -2.29. The van der Waals surface area contributed by atoms with Crippen molar-refractivity contribution < 1.29 is 4.74 Å². The third-order valence-corrected chi connectivity index (χ3v) is 5.02. The van der Waals surface area contributed by atoms with Crippen molar-refractivity contribution in [1.82, 2.24) is 5.43 Å². The molecule has 2 atom stereocenters.